The Morgan fingerprint density at radius 2 is 1.65 bits per heavy atom. The van der Waals surface area contributed by atoms with Crippen LogP contribution < -0.4 is 5.73 Å². The predicted molar refractivity (Wildman–Crippen MR) is 95.7 cm³/mol. The highest BCUT2D eigenvalue weighted by Crippen LogP contribution is 2.24. The Kier molecular flexibility index (Phi) is 4.30. The Labute approximate surface area is 137 Å². The van der Waals surface area contributed by atoms with Crippen LogP contribution in [0, 0.1) is 6.92 Å². The van der Waals surface area contributed by atoms with Gasteiger partial charge in [0.15, 0.2) is 0 Å². The van der Waals surface area contributed by atoms with Crippen LogP contribution in [-0.2, 0) is 6.54 Å². The number of rotatable bonds is 4. The van der Waals surface area contributed by atoms with E-state index in [-0.39, 0.29) is 0 Å². The maximum Gasteiger partial charge on any atom is 0.0972 e. The quantitative estimate of drug-likeness (QED) is 0.775. The van der Waals surface area contributed by atoms with Gasteiger partial charge in [0.2, 0.25) is 0 Å². The van der Waals surface area contributed by atoms with Crippen LogP contribution in [0.5, 0.6) is 0 Å². The number of aryl methyl sites for hydroxylation is 1. The zero-order valence-electron chi connectivity index (χ0n) is 14.0. The van der Waals surface area contributed by atoms with Crippen LogP contribution in [-0.4, -0.2) is 9.78 Å². The maximum atomic E-state index is 5.92. The van der Waals surface area contributed by atoms with Gasteiger partial charge in [0.25, 0.3) is 0 Å². The SMILES string of the molecule is Cc1ccc(-c2nn(-c3ccc(C(C)C)cc3)cc2CN)cc1. The molecule has 0 amide bonds. The van der Waals surface area contributed by atoms with Gasteiger partial charge < -0.3 is 5.73 Å². The number of hydrogen-bond donors (Lipinski definition) is 1. The zero-order valence-corrected chi connectivity index (χ0v) is 14.0. The Balaban J connectivity index is 1.99. The van der Waals surface area contributed by atoms with Gasteiger partial charge in [-0.1, -0.05) is 55.8 Å². The zero-order chi connectivity index (χ0) is 16.4. The predicted octanol–water partition coefficient (Wildman–Crippen LogP) is 4.43. The minimum absolute atomic E-state index is 0.479. The monoisotopic (exact) mass is 305 g/mol. The third kappa shape index (κ3) is 3.20. The molecule has 0 spiro atoms. The molecular weight excluding hydrogens is 282 g/mol. The summed E-state index contributed by atoms with van der Waals surface area (Å²) in [7, 11) is 0. The second kappa shape index (κ2) is 6.39. The van der Waals surface area contributed by atoms with Gasteiger partial charge in [-0.05, 0) is 30.5 Å². The second-order valence-corrected chi connectivity index (χ2v) is 6.26. The number of hydrogen-bond acceptors (Lipinski definition) is 2. The molecule has 0 bridgehead atoms. The molecule has 3 aromatic rings. The molecule has 0 aliphatic heterocycles. The van der Waals surface area contributed by atoms with Gasteiger partial charge in [-0.15, -0.1) is 0 Å². The van der Waals surface area contributed by atoms with E-state index in [4.69, 9.17) is 10.8 Å². The van der Waals surface area contributed by atoms with Crippen molar-refractivity contribution in [2.75, 3.05) is 0 Å². The molecule has 0 aliphatic rings. The minimum atomic E-state index is 0.479. The van der Waals surface area contributed by atoms with Crippen molar-refractivity contribution in [1.29, 1.82) is 0 Å². The van der Waals surface area contributed by atoms with Crippen LogP contribution in [0.4, 0.5) is 0 Å². The Morgan fingerprint density at radius 3 is 2.22 bits per heavy atom. The van der Waals surface area contributed by atoms with Crippen molar-refractivity contribution in [3.8, 4) is 16.9 Å². The number of nitrogens with two attached hydrogens (primary N) is 1. The summed E-state index contributed by atoms with van der Waals surface area (Å²) in [4.78, 5) is 0. The Morgan fingerprint density at radius 1 is 1.00 bits per heavy atom. The summed E-state index contributed by atoms with van der Waals surface area (Å²) in [5.41, 5.74) is 12.7. The molecule has 1 aromatic heterocycles. The van der Waals surface area contributed by atoms with Crippen molar-refractivity contribution >= 4 is 0 Å². The van der Waals surface area contributed by atoms with Gasteiger partial charge in [-0.25, -0.2) is 4.68 Å². The van der Waals surface area contributed by atoms with Gasteiger partial charge in [-0.3, -0.25) is 0 Å². The van der Waals surface area contributed by atoms with Crippen LogP contribution in [0.15, 0.2) is 54.7 Å². The van der Waals surface area contributed by atoms with Crippen molar-refractivity contribution in [2.45, 2.75) is 33.2 Å². The van der Waals surface area contributed by atoms with Crippen molar-refractivity contribution in [1.82, 2.24) is 9.78 Å². The first-order chi connectivity index (χ1) is 11.1. The molecule has 0 atom stereocenters. The van der Waals surface area contributed by atoms with Gasteiger partial charge >= 0.3 is 0 Å². The Bertz CT molecular complexity index is 781. The largest absolute Gasteiger partial charge is 0.326 e. The van der Waals surface area contributed by atoms with E-state index in [0.29, 0.717) is 12.5 Å². The molecule has 3 rings (SSSR count). The lowest BCUT2D eigenvalue weighted by Crippen LogP contribution is -1.96. The smallest absolute Gasteiger partial charge is 0.0972 e. The van der Waals surface area contributed by atoms with Gasteiger partial charge in [-0.2, -0.15) is 5.10 Å². The third-order valence-corrected chi connectivity index (χ3v) is 4.16. The highest BCUT2D eigenvalue weighted by atomic mass is 15.3. The summed E-state index contributed by atoms with van der Waals surface area (Å²) in [6, 6.07) is 17.0. The average molecular weight is 305 g/mol. The van der Waals surface area contributed by atoms with Crippen molar-refractivity contribution in [3.05, 3.63) is 71.4 Å². The summed E-state index contributed by atoms with van der Waals surface area (Å²) < 4.78 is 1.92. The minimum Gasteiger partial charge on any atom is -0.326 e. The first-order valence-corrected chi connectivity index (χ1v) is 8.04. The topological polar surface area (TPSA) is 43.8 Å². The van der Waals surface area contributed by atoms with Crippen molar-refractivity contribution < 1.29 is 0 Å². The van der Waals surface area contributed by atoms with Crippen LogP contribution in [0.2, 0.25) is 0 Å². The van der Waals surface area contributed by atoms with Crippen molar-refractivity contribution in [2.24, 2.45) is 5.73 Å². The van der Waals surface area contributed by atoms with E-state index in [1.807, 2.05) is 10.9 Å². The van der Waals surface area contributed by atoms with E-state index < -0.39 is 0 Å². The molecule has 0 unspecified atom stereocenters. The molecule has 118 valence electrons. The summed E-state index contributed by atoms with van der Waals surface area (Å²) in [5.74, 6) is 0.532. The first kappa shape index (κ1) is 15.5. The summed E-state index contributed by atoms with van der Waals surface area (Å²) in [6.07, 6.45) is 2.03. The van der Waals surface area contributed by atoms with Gasteiger partial charge in [0.05, 0.1) is 11.4 Å². The van der Waals surface area contributed by atoms with E-state index in [1.165, 1.54) is 11.1 Å². The molecule has 3 nitrogen and oxygen atoms in total. The molecular formula is C20H23N3. The molecule has 23 heavy (non-hydrogen) atoms. The summed E-state index contributed by atoms with van der Waals surface area (Å²) in [6.45, 7) is 6.96. The van der Waals surface area contributed by atoms with Crippen LogP contribution in [0.1, 0.15) is 36.5 Å². The Hall–Kier alpha value is -2.39. The average Bonchev–Trinajstić information content (AvgIpc) is 3.00. The fourth-order valence-corrected chi connectivity index (χ4v) is 2.66. The van der Waals surface area contributed by atoms with Crippen LogP contribution >= 0.6 is 0 Å². The molecule has 3 heteroatoms. The molecule has 0 saturated heterocycles. The first-order valence-electron chi connectivity index (χ1n) is 8.04. The van der Waals surface area contributed by atoms with Crippen LogP contribution in [0.3, 0.4) is 0 Å². The number of nitrogens with zero attached hydrogens (tertiary/aromatic N) is 2. The number of benzene rings is 2. The lowest BCUT2D eigenvalue weighted by Gasteiger charge is -2.07. The molecule has 0 fully saturated rings. The fraction of sp³-hybridized carbons (Fsp3) is 0.250. The summed E-state index contributed by atoms with van der Waals surface area (Å²) in [5, 5.41) is 4.76. The maximum absolute atomic E-state index is 5.92. The molecule has 0 aliphatic carbocycles. The molecule has 0 saturated carbocycles. The fourth-order valence-electron chi connectivity index (χ4n) is 2.66. The van der Waals surface area contributed by atoms with Crippen molar-refractivity contribution in [3.63, 3.8) is 0 Å². The van der Waals surface area contributed by atoms with E-state index in [1.54, 1.807) is 0 Å². The molecule has 0 radical (unpaired) electrons. The van der Waals surface area contributed by atoms with E-state index >= 15 is 0 Å². The molecule has 2 aromatic carbocycles. The number of aromatic nitrogens is 2. The normalized spacial score (nSPS) is 11.2. The van der Waals surface area contributed by atoms with Gasteiger partial charge in [0, 0.05) is 23.9 Å². The van der Waals surface area contributed by atoms with E-state index in [0.717, 1.165) is 22.5 Å². The lowest BCUT2D eigenvalue weighted by atomic mass is 10.0. The lowest BCUT2D eigenvalue weighted by molar-refractivity contribution is 0.854. The van der Waals surface area contributed by atoms with Gasteiger partial charge in [0.1, 0.15) is 0 Å². The second-order valence-electron chi connectivity index (χ2n) is 6.26. The summed E-state index contributed by atoms with van der Waals surface area (Å²) >= 11 is 0. The molecule has 2 N–H and O–H groups in total. The molecule has 1 heterocycles. The standard InChI is InChI=1S/C20H23N3/c1-14(2)16-8-10-19(11-9-16)23-13-18(12-21)20(22-23)17-6-4-15(3)5-7-17/h4-11,13-14H,12,21H2,1-3H3. The highest BCUT2D eigenvalue weighted by molar-refractivity contribution is 5.63. The third-order valence-electron chi connectivity index (χ3n) is 4.16. The van der Waals surface area contributed by atoms with E-state index in [2.05, 4.69) is 69.3 Å². The van der Waals surface area contributed by atoms with Crippen LogP contribution in [0.25, 0.3) is 16.9 Å². The highest BCUT2D eigenvalue weighted by Gasteiger charge is 2.11. The van der Waals surface area contributed by atoms with E-state index in [9.17, 15) is 0 Å².